The van der Waals surface area contributed by atoms with Crippen molar-refractivity contribution >= 4 is 23.0 Å². The lowest BCUT2D eigenvalue weighted by atomic mass is 10.1. The third-order valence-electron chi connectivity index (χ3n) is 4.85. The van der Waals surface area contributed by atoms with Crippen LogP contribution < -0.4 is 15.4 Å². The summed E-state index contributed by atoms with van der Waals surface area (Å²) < 4.78 is 5.15. The van der Waals surface area contributed by atoms with Crippen LogP contribution in [0.25, 0.3) is 0 Å². The number of ether oxygens (including phenoxy) is 1. The van der Waals surface area contributed by atoms with E-state index in [2.05, 4.69) is 10.6 Å². The van der Waals surface area contributed by atoms with E-state index < -0.39 is 10.8 Å². The summed E-state index contributed by atoms with van der Waals surface area (Å²) in [6.07, 6.45) is 5.20. The number of hydrogen-bond acceptors (Lipinski definition) is 5. The fourth-order valence-electron chi connectivity index (χ4n) is 3.33. The van der Waals surface area contributed by atoms with E-state index in [-0.39, 0.29) is 17.0 Å². The molecule has 7 nitrogen and oxygen atoms in total. The number of hydrogen-bond donors (Lipinski definition) is 2. The van der Waals surface area contributed by atoms with Crippen LogP contribution in [0, 0.1) is 16.0 Å². The Balaban J connectivity index is 1.65. The fourth-order valence-corrected chi connectivity index (χ4v) is 3.33. The zero-order valence-corrected chi connectivity index (χ0v) is 15.2. The molecule has 1 aliphatic rings. The van der Waals surface area contributed by atoms with Crippen molar-refractivity contribution in [2.45, 2.75) is 25.7 Å². The molecule has 0 heterocycles. The highest BCUT2D eigenvalue weighted by Gasteiger charge is 2.18. The Morgan fingerprint density at radius 2 is 1.81 bits per heavy atom. The normalized spacial score (nSPS) is 14.0. The first-order chi connectivity index (χ1) is 13.1. The molecule has 7 heteroatoms. The predicted octanol–water partition coefficient (Wildman–Crippen LogP) is 4.46. The molecule has 0 bridgehead atoms. The first kappa shape index (κ1) is 18.7. The molecule has 0 saturated heterocycles. The molecule has 2 aromatic carbocycles. The average molecular weight is 369 g/mol. The van der Waals surface area contributed by atoms with Gasteiger partial charge in [-0.15, -0.1) is 0 Å². The minimum absolute atomic E-state index is 0.120. The van der Waals surface area contributed by atoms with E-state index in [1.165, 1.54) is 51.0 Å². The van der Waals surface area contributed by atoms with Gasteiger partial charge in [0.1, 0.15) is 5.75 Å². The van der Waals surface area contributed by atoms with Gasteiger partial charge in [0.2, 0.25) is 0 Å². The van der Waals surface area contributed by atoms with E-state index in [0.717, 1.165) is 18.2 Å². The van der Waals surface area contributed by atoms with Crippen molar-refractivity contribution < 1.29 is 14.5 Å². The number of non-ortho nitro benzene ring substituents is 1. The van der Waals surface area contributed by atoms with Crippen molar-refractivity contribution in [3.63, 3.8) is 0 Å². The van der Waals surface area contributed by atoms with Crippen LogP contribution in [-0.4, -0.2) is 24.5 Å². The van der Waals surface area contributed by atoms with Crippen molar-refractivity contribution in [3.05, 3.63) is 58.1 Å². The van der Waals surface area contributed by atoms with Crippen LogP contribution in [-0.2, 0) is 0 Å². The van der Waals surface area contributed by atoms with Crippen molar-refractivity contribution in [1.82, 2.24) is 0 Å². The molecular formula is C20H23N3O4. The van der Waals surface area contributed by atoms with Crippen LogP contribution in [0.4, 0.5) is 17.1 Å². The standard InChI is InChI=1S/C20H23N3O4/c1-27-19-11-10-17(23(25)26)12-18(19)20(24)22-16-8-6-15(7-9-16)21-13-14-4-2-3-5-14/h6-12,14,21H,2-5,13H2,1H3,(H,22,24). The summed E-state index contributed by atoms with van der Waals surface area (Å²) in [6.45, 7) is 0.969. The third kappa shape index (κ3) is 4.75. The lowest BCUT2D eigenvalue weighted by Crippen LogP contribution is -2.14. The monoisotopic (exact) mass is 369 g/mol. The van der Waals surface area contributed by atoms with Gasteiger partial charge in [0.15, 0.2) is 0 Å². The van der Waals surface area contributed by atoms with Crippen LogP contribution in [0.15, 0.2) is 42.5 Å². The topological polar surface area (TPSA) is 93.5 Å². The molecule has 2 N–H and O–H groups in total. The zero-order valence-electron chi connectivity index (χ0n) is 15.2. The number of nitro benzene ring substituents is 1. The molecule has 0 aliphatic heterocycles. The minimum atomic E-state index is -0.541. The Labute approximate surface area is 157 Å². The summed E-state index contributed by atoms with van der Waals surface area (Å²) in [4.78, 5) is 22.9. The quantitative estimate of drug-likeness (QED) is 0.555. The Morgan fingerprint density at radius 1 is 1.15 bits per heavy atom. The number of anilines is 2. The highest BCUT2D eigenvalue weighted by molar-refractivity contribution is 6.06. The van der Waals surface area contributed by atoms with E-state index in [1.54, 1.807) is 12.1 Å². The highest BCUT2D eigenvalue weighted by Crippen LogP contribution is 2.26. The molecule has 1 saturated carbocycles. The van der Waals surface area contributed by atoms with Gasteiger partial charge in [0.05, 0.1) is 17.6 Å². The Morgan fingerprint density at radius 3 is 2.44 bits per heavy atom. The third-order valence-corrected chi connectivity index (χ3v) is 4.85. The number of benzene rings is 2. The number of amides is 1. The zero-order chi connectivity index (χ0) is 19.2. The van der Waals surface area contributed by atoms with Crippen molar-refractivity contribution in [2.75, 3.05) is 24.3 Å². The number of carbonyl (C=O) groups is 1. The Hall–Kier alpha value is -3.09. The molecule has 3 rings (SSSR count). The van der Waals surface area contributed by atoms with Gasteiger partial charge in [-0.1, -0.05) is 12.8 Å². The number of nitrogens with one attached hydrogen (secondary N) is 2. The lowest BCUT2D eigenvalue weighted by Gasteiger charge is -2.13. The van der Waals surface area contributed by atoms with Gasteiger partial charge in [-0.3, -0.25) is 14.9 Å². The number of rotatable bonds is 7. The second-order valence-corrected chi connectivity index (χ2v) is 6.70. The SMILES string of the molecule is COc1ccc([N+](=O)[O-])cc1C(=O)Nc1ccc(NCC2CCCC2)cc1. The van der Waals surface area contributed by atoms with Gasteiger partial charge in [0.25, 0.3) is 11.6 Å². The largest absolute Gasteiger partial charge is 0.496 e. The maximum Gasteiger partial charge on any atom is 0.270 e. The lowest BCUT2D eigenvalue weighted by molar-refractivity contribution is -0.384. The first-order valence-corrected chi connectivity index (χ1v) is 9.04. The van der Waals surface area contributed by atoms with E-state index in [9.17, 15) is 14.9 Å². The van der Waals surface area contributed by atoms with Crippen LogP contribution >= 0.6 is 0 Å². The minimum Gasteiger partial charge on any atom is -0.496 e. The molecule has 1 amide bonds. The molecule has 0 atom stereocenters. The molecule has 142 valence electrons. The smallest absolute Gasteiger partial charge is 0.270 e. The van der Waals surface area contributed by atoms with E-state index in [1.807, 2.05) is 12.1 Å². The summed E-state index contributed by atoms with van der Waals surface area (Å²) >= 11 is 0. The Kier molecular flexibility index (Phi) is 5.90. The molecule has 0 unspecified atom stereocenters. The second kappa shape index (κ2) is 8.53. The van der Waals surface area contributed by atoms with Crippen LogP contribution in [0.3, 0.4) is 0 Å². The van der Waals surface area contributed by atoms with Crippen molar-refractivity contribution in [1.29, 1.82) is 0 Å². The molecule has 27 heavy (non-hydrogen) atoms. The molecule has 0 radical (unpaired) electrons. The summed E-state index contributed by atoms with van der Waals surface area (Å²) in [7, 11) is 1.42. The van der Waals surface area contributed by atoms with Crippen LogP contribution in [0.2, 0.25) is 0 Å². The number of carbonyl (C=O) groups excluding carboxylic acids is 1. The van der Waals surface area contributed by atoms with Crippen LogP contribution in [0.5, 0.6) is 5.75 Å². The summed E-state index contributed by atoms with van der Waals surface area (Å²) in [5.41, 5.74) is 1.58. The second-order valence-electron chi connectivity index (χ2n) is 6.70. The van der Waals surface area contributed by atoms with Gasteiger partial charge in [-0.25, -0.2) is 0 Å². The first-order valence-electron chi connectivity index (χ1n) is 9.04. The molecule has 1 fully saturated rings. The van der Waals surface area contributed by atoms with E-state index in [0.29, 0.717) is 5.69 Å². The summed E-state index contributed by atoms with van der Waals surface area (Å²) in [5, 5.41) is 17.1. The van der Waals surface area contributed by atoms with Crippen molar-refractivity contribution in [2.24, 2.45) is 5.92 Å². The predicted molar refractivity (Wildman–Crippen MR) is 104 cm³/mol. The fraction of sp³-hybridized carbons (Fsp3) is 0.350. The Bertz CT molecular complexity index is 814. The summed E-state index contributed by atoms with van der Waals surface area (Å²) in [5.74, 6) is 0.570. The van der Waals surface area contributed by atoms with E-state index >= 15 is 0 Å². The molecule has 1 aliphatic carbocycles. The number of nitro groups is 1. The van der Waals surface area contributed by atoms with E-state index in [4.69, 9.17) is 4.74 Å². The van der Waals surface area contributed by atoms with Gasteiger partial charge >= 0.3 is 0 Å². The molecule has 2 aromatic rings. The maximum absolute atomic E-state index is 12.5. The van der Waals surface area contributed by atoms with Crippen molar-refractivity contribution in [3.8, 4) is 5.75 Å². The molecule has 0 spiro atoms. The number of methoxy groups -OCH3 is 1. The van der Waals surface area contributed by atoms with Gasteiger partial charge in [0, 0.05) is 30.1 Å². The van der Waals surface area contributed by atoms with Crippen LogP contribution in [0.1, 0.15) is 36.0 Å². The average Bonchev–Trinajstić information content (AvgIpc) is 3.20. The number of nitrogens with zero attached hydrogens (tertiary/aromatic N) is 1. The maximum atomic E-state index is 12.5. The van der Waals surface area contributed by atoms with Gasteiger partial charge in [-0.05, 0) is 49.1 Å². The van der Waals surface area contributed by atoms with Gasteiger partial charge < -0.3 is 15.4 Å². The molecule has 0 aromatic heterocycles. The highest BCUT2D eigenvalue weighted by atomic mass is 16.6. The summed E-state index contributed by atoms with van der Waals surface area (Å²) in [6, 6.07) is 11.4. The molecular weight excluding hydrogens is 346 g/mol. The van der Waals surface area contributed by atoms with Gasteiger partial charge in [-0.2, -0.15) is 0 Å².